The molecule has 2 rings (SSSR count). The fraction of sp³-hybridized carbons (Fsp3) is 0.300. The lowest BCUT2D eigenvalue weighted by Gasteiger charge is -2.17. The van der Waals surface area contributed by atoms with E-state index < -0.39 is 11.8 Å². The number of carbonyl (C=O) groups is 2. The lowest BCUT2D eigenvalue weighted by atomic mass is 10.2. The molecular weight excluding hydrogens is 353 g/mol. The fourth-order valence-electron chi connectivity index (χ4n) is 2.19. The number of amides is 1. The molecule has 0 aliphatic carbocycles. The molecule has 0 heterocycles. The molecule has 1 amide bonds. The number of likely N-dealkylation sites (N-methyl/N-ethyl adjacent to an activating group) is 1. The normalized spacial score (nSPS) is 10.2. The van der Waals surface area contributed by atoms with Gasteiger partial charge in [-0.1, -0.05) is 12.1 Å². The number of hydrogen-bond acceptors (Lipinski definition) is 5. The SMILES string of the molecule is CCOc1ccc(CN(C)C(=O)COC(=O)COc2ccc(F)cc2)cc1. The number of nitrogens with zero attached hydrogens (tertiary/aromatic N) is 1. The topological polar surface area (TPSA) is 65.1 Å². The van der Waals surface area contributed by atoms with Crippen LogP contribution in [0.3, 0.4) is 0 Å². The summed E-state index contributed by atoms with van der Waals surface area (Å²) in [7, 11) is 1.63. The summed E-state index contributed by atoms with van der Waals surface area (Å²) in [6.07, 6.45) is 0. The smallest absolute Gasteiger partial charge is 0.344 e. The third-order valence-electron chi connectivity index (χ3n) is 3.61. The second kappa shape index (κ2) is 10.2. The second-order valence-electron chi connectivity index (χ2n) is 5.73. The zero-order chi connectivity index (χ0) is 19.6. The maximum atomic E-state index is 12.8. The summed E-state index contributed by atoms with van der Waals surface area (Å²) in [5, 5.41) is 0. The Balaban J connectivity index is 1.71. The van der Waals surface area contributed by atoms with Gasteiger partial charge in [-0.25, -0.2) is 9.18 Å². The summed E-state index contributed by atoms with van der Waals surface area (Å²) in [6.45, 7) is 2.15. The lowest BCUT2D eigenvalue weighted by Crippen LogP contribution is -2.31. The quantitative estimate of drug-likeness (QED) is 0.631. The van der Waals surface area contributed by atoms with Crippen molar-refractivity contribution in [2.45, 2.75) is 13.5 Å². The summed E-state index contributed by atoms with van der Waals surface area (Å²) in [6, 6.07) is 12.7. The standard InChI is InChI=1S/C20H22FNO5/c1-3-25-17-8-4-15(5-9-17)12-22(2)19(23)13-27-20(24)14-26-18-10-6-16(21)7-11-18/h4-11H,3,12-14H2,1-2H3. The molecule has 0 aliphatic heterocycles. The minimum Gasteiger partial charge on any atom is -0.494 e. The van der Waals surface area contributed by atoms with Gasteiger partial charge in [-0.3, -0.25) is 4.79 Å². The molecule has 0 aliphatic rings. The average molecular weight is 375 g/mol. The summed E-state index contributed by atoms with van der Waals surface area (Å²) in [5.74, 6) is -0.301. The lowest BCUT2D eigenvalue weighted by molar-refractivity contribution is -0.153. The zero-order valence-corrected chi connectivity index (χ0v) is 15.3. The first kappa shape index (κ1) is 20.2. The number of benzene rings is 2. The highest BCUT2D eigenvalue weighted by Gasteiger charge is 2.13. The maximum Gasteiger partial charge on any atom is 0.344 e. The molecule has 0 unspecified atom stereocenters. The van der Waals surface area contributed by atoms with Crippen LogP contribution in [0.2, 0.25) is 0 Å². The Morgan fingerprint density at radius 2 is 1.52 bits per heavy atom. The molecule has 2 aromatic rings. The van der Waals surface area contributed by atoms with E-state index in [0.717, 1.165) is 11.3 Å². The second-order valence-corrected chi connectivity index (χ2v) is 5.73. The number of rotatable bonds is 9. The van der Waals surface area contributed by atoms with Crippen LogP contribution in [0.4, 0.5) is 4.39 Å². The van der Waals surface area contributed by atoms with Gasteiger partial charge in [-0.2, -0.15) is 0 Å². The first-order valence-corrected chi connectivity index (χ1v) is 8.47. The van der Waals surface area contributed by atoms with Crippen LogP contribution in [-0.2, 0) is 20.9 Å². The van der Waals surface area contributed by atoms with Crippen molar-refractivity contribution in [3.8, 4) is 11.5 Å². The number of carbonyl (C=O) groups excluding carboxylic acids is 2. The molecular formula is C20H22FNO5. The van der Waals surface area contributed by atoms with Gasteiger partial charge in [0, 0.05) is 13.6 Å². The fourth-order valence-corrected chi connectivity index (χ4v) is 2.19. The largest absolute Gasteiger partial charge is 0.494 e. The highest BCUT2D eigenvalue weighted by atomic mass is 19.1. The Morgan fingerprint density at radius 1 is 0.926 bits per heavy atom. The Labute approximate surface area is 157 Å². The molecule has 6 nitrogen and oxygen atoms in total. The minimum atomic E-state index is -0.679. The number of esters is 1. The monoisotopic (exact) mass is 375 g/mol. The van der Waals surface area contributed by atoms with Gasteiger partial charge in [0.1, 0.15) is 17.3 Å². The van der Waals surface area contributed by atoms with E-state index in [1.165, 1.54) is 29.2 Å². The summed E-state index contributed by atoms with van der Waals surface area (Å²) >= 11 is 0. The predicted octanol–water partition coefficient (Wildman–Crippen LogP) is 2.81. The van der Waals surface area contributed by atoms with E-state index in [9.17, 15) is 14.0 Å². The van der Waals surface area contributed by atoms with Crippen LogP contribution in [0.25, 0.3) is 0 Å². The number of ether oxygens (including phenoxy) is 3. The van der Waals surface area contributed by atoms with Crippen molar-refractivity contribution in [2.75, 3.05) is 26.9 Å². The molecule has 0 saturated carbocycles. The third kappa shape index (κ3) is 6.97. The van der Waals surface area contributed by atoms with Gasteiger partial charge in [0.25, 0.3) is 5.91 Å². The van der Waals surface area contributed by atoms with Crippen LogP contribution in [0.15, 0.2) is 48.5 Å². The highest BCUT2D eigenvalue weighted by Crippen LogP contribution is 2.13. The van der Waals surface area contributed by atoms with E-state index >= 15 is 0 Å². The minimum absolute atomic E-state index is 0.334. The molecule has 0 atom stereocenters. The molecule has 0 fully saturated rings. The van der Waals surface area contributed by atoms with Crippen LogP contribution >= 0.6 is 0 Å². The predicted molar refractivity (Wildman–Crippen MR) is 96.9 cm³/mol. The van der Waals surface area contributed by atoms with Crippen LogP contribution in [0.5, 0.6) is 11.5 Å². The Bertz CT molecular complexity index is 746. The molecule has 0 spiro atoms. The molecule has 144 valence electrons. The van der Waals surface area contributed by atoms with Crippen molar-refractivity contribution < 1.29 is 28.2 Å². The van der Waals surface area contributed by atoms with Gasteiger partial charge in [0.15, 0.2) is 13.2 Å². The highest BCUT2D eigenvalue weighted by molar-refractivity contribution is 5.80. The Kier molecular flexibility index (Phi) is 7.61. The molecule has 0 bridgehead atoms. The van der Waals surface area contributed by atoms with Gasteiger partial charge < -0.3 is 19.1 Å². The van der Waals surface area contributed by atoms with Crippen LogP contribution < -0.4 is 9.47 Å². The van der Waals surface area contributed by atoms with Crippen molar-refractivity contribution in [1.29, 1.82) is 0 Å². The molecule has 0 radical (unpaired) electrons. The number of hydrogen-bond donors (Lipinski definition) is 0. The van der Waals surface area contributed by atoms with E-state index in [-0.39, 0.29) is 19.1 Å². The van der Waals surface area contributed by atoms with E-state index in [1.54, 1.807) is 7.05 Å². The van der Waals surface area contributed by atoms with E-state index in [0.29, 0.717) is 18.9 Å². The van der Waals surface area contributed by atoms with Crippen molar-refractivity contribution >= 4 is 11.9 Å². The Morgan fingerprint density at radius 3 is 2.15 bits per heavy atom. The summed E-state index contributed by atoms with van der Waals surface area (Å²) in [5.41, 5.74) is 0.931. The third-order valence-corrected chi connectivity index (χ3v) is 3.61. The number of halogens is 1. The Hall–Kier alpha value is -3.09. The molecule has 27 heavy (non-hydrogen) atoms. The van der Waals surface area contributed by atoms with Crippen LogP contribution in [0.1, 0.15) is 12.5 Å². The van der Waals surface area contributed by atoms with Crippen LogP contribution in [0, 0.1) is 5.82 Å². The first-order valence-electron chi connectivity index (χ1n) is 8.47. The van der Waals surface area contributed by atoms with Gasteiger partial charge >= 0.3 is 5.97 Å². The van der Waals surface area contributed by atoms with Crippen molar-refractivity contribution in [3.63, 3.8) is 0 Å². The zero-order valence-electron chi connectivity index (χ0n) is 15.3. The van der Waals surface area contributed by atoms with E-state index in [4.69, 9.17) is 14.2 Å². The molecule has 0 saturated heterocycles. The summed E-state index contributed by atoms with van der Waals surface area (Å²) < 4.78 is 28.2. The van der Waals surface area contributed by atoms with E-state index in [1.807, 2.05) is 31.2 Å². The van der Waals surface area contributed by atoms with Crippen LogP contribution in [-0.4, -0.2) is 43.6 Å². The molecule has 0 aromatic heterocycles. The van der Waals surface area contributed by atoms with Crippen molar-refractivity contribution in [2.24, 2.45) is 0 Å². The average Bonchev–Trinajstić information content (AvgIpc) is 2.67. The summed E-state index contributed by atoms with van der Waals surface area (Å²) in [4.78, 5) is 25.2. The van der Waals surface area contributed by atoms with Gasteiger partial charge in [0.2, 0.25) is 0 Å². The first-order chi connectivity index (χ1) is 13.0. The van der Waals surface area contributed by atoms with E-state index in [2.05, 4.69) is 0 Å². The van der Waals surface area contributed by atoms with Crippen molar-refractivity contribution in [3.05, 3.63) is 59.9 Å². The maximum absolute atomic E-state index is 12.8. The molecule has 0 N–H and O–H groups in total. The van der Waals surface area contributed by atoms with Crippen molar-refractivity contribution in [1.82, 2.24) is 4.90 Å². The van der Waals surface area contributed by atoms with Gasteiger partial charge in [-0.15, -0.1) is 0 Å². The van der Waals surface area contributed by atoms with Gasteiger partial charge in [-0.05, 0) is 48.9 Å². The van der Waals surface area contributed by atoms with Gasteiger partial charge in [0.05, 0.1) is 6.61 Å². The molecule has 2 aromatic carbocycles. The molecule has 7 heteroatoms.